The standard InChI is InChI=1S/C15H7Br2ClN2O3S/c16-11-6-9(23-12(11)17)5-10-13(21)19-15(24)20(14(10)22)8-3-1-7(18)2-4-8/h1-6H,(H,19,21,24)/b10-5+. The summed E-state index contributed by atoms with van der Waals surface area (Å²) >= 11 is 17.5. The number of carbonyl (C=O) groups excluding carboxylic acids is 2. The highest BCUT2D eigenvalue weighted by atomic mass is 79.9. The van der Waals surface area contributed by atoms with E-state index in [1.807, 2.05) is 0 Å². The van der Waals surface area contributed by atoms with Crippen LogP contribution in [0.4, 0.5) is 5.69 Å². The maximum absolute atomic E-state index is 12.7. The molecule has 0 atom stereocenters. The van der Waals surface area contributed by atoms with Gasteiger partial charge in [-0.25, -0.2) is 0 Å². The van der Waals surface area contributed by atoms with Gasteiger partial charge in [0.05, 0.1) is 10.2 Å². The molecule has 2 aromatic rings. The lowest BCUT2D eigenvalue weighted by Crippen LogP contribution is -2.54. The molecule has 9 heteroatoms. The van der Waals surface area contributed by atoms with Crippen LogP contribution in [0.15, 0.2) is 49.5 Å². The number of hydrogen-bond donors (Lipinski definition) is 1. The number of anilines is 1. The van der Waals surface area contributed by atoms with Crippen LogP contribution in [-0.2, 0) is 9.59 Å². The Kier molecular flexibility index (Phi) is 4.91. The molecule has 122 valence electrons. The predicted octanol–water partition coefficient (Wildman–Crippen LogP) is 4.29. The molecule has 1 aromatic heterocycles. The third-order valence-electron chi connectivity index (χ3n) is 3.14. The molecule has 0 saturated carbocycles. The summed E-state index contributed by atoms with van der Waals surface area (Å²) in [6.07, 6.45) is 1.36. The molecule has 0 bridgehead atoms. The zero-order valence-electron chi connectivity index (χ0n) is 11.7. The van der Waals surface area contributed by atoms with Crippen molar-refractivity contribution in [1.29, 1.82) is 0 Å². The number of amides is 2. The number of carbonyl (C=O) groups is 2. The number of hydrogen-bond acceptors (Lipinski definition) is 4. The van der Waals surface area contributed by atoms with Gasteiger partial charge in [0.15, 0.2) is 9.78 Å². The quantitative estimate of drug-likeness (QED) is 0.388. The molecule has 5 nitrogen and oxygen atoms in total. The largest absolute Gasteiger partial charge is 0.449 e. The molecule has 0 aliphatic carbocycles. The van der Waals surface area contributed by atoms with Gasteiger partial charge in [0.1, 0.15) is 11.3 Å². The zero-order valence-corrected chi connectivity index (χ0v) is 16.4. The number of halogens is 3. The highest BCUT2D eigenvalue weighted by molar-refractivity contribution is 9.13. The maximum atomic E-state index is 12.7. The minimum atomic E-state index is -0.584. The van der Waals surface area contributed by atoms with Crippen LogP contribution >= 0.6 is 55.7 Å². The van der Waals surface area contributed by atoms with Gasteiger partial charge in [-0.3, -0.25) is 19.8 Å². The fraction of sp³-hybridized carbons (Fsp3) is 0. The second-order valence-corrected chi connectivity index (χ2v) is 7.10. The lowest BCUT2D eigenvalue weighted by atomic mass is 10.1. The van der Waals surface area contributed by atoms with Crippen molar-refractivity contribution in [2.75, 3.05) is 4.90 Å². The summed E-state index contributed by atoms with van der Waals surface area (Å²) in [5, 5.41) is 3.03. The Balaban J connectivity index is 2.01. The molecule has 1 N–H and O–H groups in total. The summed E-state index contributed by atoms with van der Waals surface area (Å²) in [7, 11) is 0. The first kappa shape index (κ1) is 17.3. The van der Waals surface area contributed by atoms with Crippen molar-refractivity contribution in [3.05, 3.63) is 55.8 Å². The summed E-state index contributed by atoms with van der Waals surface area (Å²) in [4.78, 5) is 26.1. The zero-order chi connectivity index (χ0) is 17.4. The van der Waals surface area contributed by atoms with Gasteiger partial charge in [-0.15, -0.1) is 0 Å². The van der Waals surface area contributed by atoms with Crippen LogP contribution in [-0.4, -0.2) is 16.9 Å². The van der Waals surface area contributed by atoms with Crippen LogP contribution in [0.5, 0.6) is 0 Å². The molecular weight excluding hydrogens is 484 g/mol. The van der Waals surface area contributed by atoms with Gasteiger partial charge in [0.2, 0.25) is 0 Å². The fourth-order valence-corrected chi connectivity index (χ4v) is 3.07. The molecule has 1 aliphatic rings. The van der Waals surface area contributed by atoms with E-state index in [1.54, 1.807) is 30.3 Å². The van der Waals surface area contributed by atoms with Crippen LogP contribution in [0.3, 0.4) is 0 Å². The first-order chi connectivity index (χ1) is 11.4. The Morgan fingerprint density at radius 3 is 2.46 bits per heavy atom. The van der Waals surface area contributed by atoms with E-state index in [2.05, 4.69) is 37.2 Å². The first-order valence-corrected chi connectivity index (χ1v) is 8.86. The summed E-state index contributed by atoms with van der Waals surface area (Å²) in [6.45, 7) is 0. The smallest absolute Gasteiger partial charge is 0.270 e. The van der Waals surface area contributed by atoms with E-state index in [4.69, 9.17) is 28.2 Å². The number of nitrogens with one attached hydrogen (secondary N) is 1. The highest BCUT2D eigenvalue weighted by Crippen LogP contribution is 2.29. The second kappa shape index (κ2) is 6.79. The van der Waals surface area contributed by atoms with Gasteiger partial charge in [-0.2, -0.15) is 0 Å². The third kappa shape index (κ3) is 3.32. The van der Waals surface area contributed by atoms with Gasteiger partial charge in [-0.1, -0.05) is 11.6 Å². The lowest BCUT2D eigenvalue weighted by molar-refractivity contribution is -0.122. The van der Waals surface area contributed by atoms with E-state index in [-0.39, 0.29) is 10.7 Å². The van der Waals surface area contributed by atoms with Gasteiger partial charge < -0.3 is 4.42 Å². The molecule has 24 heavy (non-hydrogen) atoms. The Morgan fingerprint density at radius 1 is 1.21 bits per heavy atom. The molecule has 2 heterocycles. The fourth-order valence-electron chi connectivity index (χ4n) is 2.06. The van der Waals surface area contributed by atoms with Gasteiger partial charge in [0, 0.05) is 5.02 Å². The number of thiocarbonyl (C=S) groups is 1. The molecule has 1 saturated heterocycles. The van der Waals surface area contributed by atoms with E-state index in [0.717, 1.165) is 0 Å². The van der Waals surface area contributed by atoms with Crippen molar-refractivity contribution in [1.82, 2.24) is 5.32 Å². The van der Waals surface area contributed by atoms with Gasteiger partial charge >= 0.3 is 0 Å². The normalized spacial score (nSPS) is 16.7. The van der Waals surface area contributed by atoms with Gasteiger partial charge in [0.25, 0.3) is 11.8 Å². The van der Waals surface area contributed by atoms with E-state index in [0.29, 0.717) is 25.6 Å². The molecular formula is C15H7Br2ClN2O3S. The molecule has 1 aliphatic heterocycles. The number of rotatable bonds is 2. The molecule has 0 radical (unpaired) electrons. The molecule has 0 unspecified atom stereocenters. The molecule has 2 amide bonds. The van der Waals surface area contributed by atoms with Crippen molar-refractivity contribution in [3.63, 3.8) is 0 Å². The monoisotopic (exact) mass is 488 g/mol. The minimum absolute atomic E-state index is 0.00581. The number of benzene rings is 1. The maximum Gasteiger partial charge on any atom is 0.270 e. The van der Waals surface area contributed by atoms with E-state index in [9.17, 15) is 9.59 Å². The predicted molar refractivity (Wildman–Crippen MR) is 102 cm³/mol. The highest BCUT2D eigenvalue weighted by Gasteiger charge is 2.34. The van der Waals surface area contributed by atoms with Gasteiger partial charge in [-0.05, 0) is 80.5 Å². The molecule has 0 spiro atoms. The Hall–Kier alpha value is -1.48. The van der Waals surface area contributed by atoms with Crippen molar-refractivity contribution in [2.45, 2.75) is 0 Å². The number of furan rings is 1. The van der Waals surface area contributed by atoms with Crippen molar-refractivity contribution >= 4 is 84.4 Å². The molecule has 1 fully saturated rings. The SMILES string of the molecule is O=C1NC(=S)N(c2ccc(Cl)cc2)C(=O)/C1=C/c1cc(Br)c(Br)o1. The van der Waals surface area contributed by atoms with Crippen molar-refractivity contribution in [2.24, 2.45) is 0 Å². The van der Waals surface area contributed by atoms with Crippen LogP contribution in [0.25, 0.3) is 6.08 Å². The topological polar surface area (TPSA) is 62.6 Å². The average molecular weight is 491 g/mol. The van der Waals surface area contributed by atoms with Crippen molar-refractivity contribution in [3.8, 4) is 0 Å². The minimum Gasteiger partial charge on any atom is -0.449 e. The van der Waals surface area contributed by atoms with E-state index in [1.165, 1.54) is 11.0 Å². The Morgan fingerprint density at radius 2 is 1.88 bits per heavy atom. The number of nitrogens with zero attached hydrogens (tertiary/aromatic N) is 1. The Labute approximate surface area is 163 Å². The summed E-state index contributed by atoms with van der Waals surface area (Å²) < 4.78 is 6.52. The van der Waals surface area contributed by atoms with E-state index >= 15 is 0 Å². The van der Waals surface area contributed by atoms with Crippen molar-refractivity contribution < 1.29 is 14.0 Å². The summed E-state index contributed by atoms with van der Waals surface area (Å²) in [6, 6.07) is 8.18. The summed E-state index contributed by atoms with van der Waals surface area (Å²) in [5.41, 5.74) is 0.411. The third-order valence-corrected chi connectivity index (χ3v) is 5.38. The lowest BCUT2D eigenvalue weighted by Gasteiger charge is -2.28. The summed E-state index contributed by atoms with van der Waals surface area (Å²) in [5.74, 6) is -0.787. The average Bonchev–Trinajstić information content (AvgIpc) is 2.83. The van der Waals surface area contributed by atoms with Crippen LogP contribution in [0.1, 0.15) is 5.76 Å². The molecule has 3 rings (SSSR count). The van der Waals surface area contributed by atoms with Crippen LogP contribution < -0.4 is 10.2 Å². The Bertz CT molecular complexity index is 873. The van der Waals surface area contributed by atoms with Crippen LogP contribution in [0, 0.1) is 0 Å². The first-order valence-electron chi connectivity index (χ1n) is 6.48. The second-order valence-electron chi connectivity index (χ2n) is 4.70. The van der Waals surface area contributed by atoms with Crippen LogP contribution in [0.2, 0.25) is 5.02 Å². The van der Waals surface area contributed by atoms with E-state index < -0.39 is 11.8 Å². The molecule has 1 aromatic carbocycles.